The lowest BCUT2D eigenvalue weighted by Crippen LogP contribution is -2.28. The normalized spacial score (nSPS) is 24.1. The summed E-state index contributed by atoms with van der Waals surface area (Å²) in [5.74, 6) is 2.03. The maximum absolute atomic E-state index is 11.4. The fraction of sp³-hybridized carbons (Fsp3) is 0.889. The van der Waals surface area contributed by atoms with Crippen LogP contribution in [0.25, 0.3) is 0 Å². The zero-order valence-corrected chi connectivity index (χ0v) is 8.74. The summed E-state index contributed by atoms with van der Waals surface area (Å²) in [4.78, 5) is 11.4. The van der Waals surface area contributed by atoms with E-state index in [0.717, 1.165) is 17.9 Å². The minimum Gasteiger partial charge on any atom is -0.461 e. The van der Waals surface area contributed by atoms with Crippen LogP contribution in [0.4, 0.5) is 0 Å². The quantitative estimate of drug-likeness (QED) is 0.589. The van der Waals surface area contributed by atoms with E-state index in [1.54, 1.807) is 0 Å². The third-order valence-electron chi connectivity index (χ3n) is 1.77. The topological polar surface area (TPSA) is 26.3 Å². The highest BCUT2D eigenvalue weighted by Crippen LogP contribution is 2.23. The van der Waals surface area contributed by atoms with Crippen molar-refractivity contribution in [2.24, 2.45) is 5.41 Å². The lowest BCUT2D eigenvalue weighted by Gasteiger charge is -2.19. The van der Waals surface area contributed by atoms with E-state index in [4.69, 9.17) is 4.74 Å². The van der Waals surface area contributed by atoms with Gasteiger partial charge in [-0.2, -0.15) is 11.8 Å². The first-order valence-electron chi connectivity index (χ1n) is 4.29. The van der Waals surface area contributed by atoms with E-state index in [1.165, 1.54) is 0 Å². The number of esters is 1. The molecule has 0 amide bonds. The van der Waals surface area contributed by atoms with E-state index < -0.39 is 0 Å². The Hall–Kier alpha value is -0.180. The van der Waals surface area contributed by atoms with Gasteiger partial charge in [-0.15, -0.1) is 0 Å². The third-order valence-corrected chi connectivity index (χ3v) is 2.91. The molecular weight excluding hydrogens is 172 g/mol. The fourth-order valence-electron chi connectivity index (χ4n) is 0.934. The first kappa shape index (κ1) is 9.90. The molecule has 0 aromatic heterocycles. The van der Waals surface area contributed by atoms with Crippen molar-refractivity contribution in [2.45, 2.75) is 33.3 Å². The lowest BCUT2D eigenvalue weighted by molar-refractivity contribution is -0.157. The van der Waals surface area contributed by atoms with Crippen LogP contribution in [0.5, 0.6) is 0 Å². The Kier molecular flexibility index (Phi) is 3.04. The van der Waals surface area contributed by atoms with Gasteiger partial charge in [0.1, 0.15) is 6.10 Å². The number of hydrogen-bond acceptors (Lipinski definition) is 3. The molecule has 12 heavy (non-hydrogen) atoms. The van der Waals surface area contributed by atoms with Crippen molar-refractivity contribution in [3.8, 4) is 0 Å². The Morgan fingerprint density at radius 2 is 2.17 bits per heavy atom. The van der Waals surface area contributed by atoms with Crippen LogP contribution < -0.4 is 0 Å². The summed E-state index contributed by atoms with van der Waals surface area (Å²) in [6.45, 7) is 5.66. The van der Waals surface area contributed by atoms with Crippen molar-refractivity contribution in [3.63, 3.8) is 0 Å². The van der Waals surface area contributed by atoms with Crippen molar-refractivity contribution in [2.75, 3.05) is 11.5 Å². The van der Waals surface area contributed by atoms with E-state index in [2.05, 4.69) is 0 Å². The Morgan fingerprint density at radius 1 is 1.50 bits per heavy atom. The van der Waals surface area contributed by atoms with Gasteiger partial charge in [0.25, 0.3) is 0 Å². The van der Waals surface area contributed by atoms with E-state index in [9.17, 15) is 4.79 Å². The maximum atomic E-state index is 11.4. The van der Waals surface area contributed by atoms with E-state index >= 15 is 0 Å². The first-order valence-corrected chi connectivity index (χ1v) is 5.44. The van der Waals surface area contributed by atoms with Gasteiger partial charge in [0.05, 0.1) is 5.41 Å². The Bertz CT molecular complexity index is 166. The molecule has 0 radical (unpaired) electrons. The highest BCUT2D eigenvalue weighted by Gasteiger charge is 2.27. The van der Waals surface area contributed by atoms with Gasteiger partial charge >= 0.3 is 5.97 Å². The second kappa shape index (κ2) is 3.69. The lowest BCUT2D eigenvalue weighted by atomic mass is 9.97. The van der Waals surface area contributed by atoms with Gasteiger partial charge in [-0.3, -0.25) is 4.79 Å². The molecule has 1 aliphatic heterocycles. The molecule has 3 heteroatoms. The molecule has 1 unspecified atom stereocenters. The van der Waals surface area contributed by atoms with Crippen molar-refractivity contribution in [3.05, 3.63) is 0 Å². The molecule has 1 aliphatic rings. The zero-order chi connectivity index (χ0) is 9.19. The molecule has 1 saturated heterocycles. The molecule has 70 valence electrons. The van der Waals surface area contributed by atoms with Crippen molar-refractivity contribution >= 4 is 17.7 Å². The second-order valence-corrected chi connectivity index (χ2v) is 5.29. The molecule has 1 rings (SSSR count). The number of carbonyl (C=O) groups is 1. The molecule has 0 spiro atoms. The number of rotatable bonds is 1. The first-order chi connectivity index (χ1) is 5.50. The van der Waals surface area contributed by atoms with Crippen LogP contribution in [0.15, 0.2) is 0 Å². The Morgan fingerprint density at radius 3 is 2.58 bits per heavy atom. The molecule has 1 fully saturated rings. The van der Waals surface area contributed by atoms with E-state index in [1.807, 2.05) is 32.5 Å². The minimum atomic E-state index is -0.354. The molecule has 0 bridgehead atoms. The van der Waals surface area contributed by atoms with E-state index in [0.29, 0.717) is 0 Å². The van der Waals surface area contributed by atoms with Gasteiger partial charge in [-0.05, 0) is 32.9 Å². The number of ether oxygens (including phenoxy) is 1. The molecule has 0 N–H and O–H groups in total. The zero-order valence-electron chi connectivity index (χ0n) is 7.92. The average Bonchev–Trinajstić information content (AvgIpc) is 2.37. The Balaban J connectivity index is 2.35. The molecule has 0 saturated carbocycles. The number of hydrogen-bond donors (Lipinski definition) is 0. The minimum absolute atomic E-state index is 0.0741. The molecule has 0 aromatic rings. The van der Waals surface area contributed by atoms with Gasteiger partial charge < -0.3 is 4.74 Å². The van der Waals surface area contributed by atoms with Crippen LogP contribution in [0.2, 0.25) is 0 Å². The van der Waals surface area contributed by atoms with Crippen LogP contribution in [0, 0.1) is 5.41 Å². The van der Waals surface area contributed by atoms with Gasteiger partial charge in [-0.25, -0.2) is 0 Å². The van der Waals surface area contributed by atoms with E-state index in [-0.39, 0.29) is 17.5 Å². The summed E-state index contributed by atoms with van der Waals surface area (Å²) in [5.41, 5.74) is -0.354. The monoisotopic (exact) mass is 188 g/mol. The predicted molar refractivity (Wildman–Crippen MR) is 51.3 cm³/mol. The molecule has 1 atom stereocenters. The molecule has 0 aromatic carbocycles. The summed E-state index contributed by atoms with van der Waals surface area (Å²) in [5, 5.41) is 0. The standard InChI is InChI=1S/C9H16O2S/c1-9(2,3)8(10)11-7-4-5-12-6-7/h7H,4-6H2,1-3H3. The van der Waals surface area contributed by atoms with Crippen LogP contribution in [0.3, 0.4) is 0 Å². The Labute approximate surface area is 78.1 Å². The molecule has 0 aliphatic carbocycles. The summed E-state index contributed by atoms with van der Waals surface area (Å²) >= 11 is 1.86. The van der Waals surface area contributed by atoms with Gasteiger partial charge in [-0.1, -0.05) is 0 Å². The van der Waals surface area contributed by atoms with Crippen LogP contribution in [0.1, 0.15) is 27.2 Å². The number of thioether (sulfide) groups is 1. The SMILES string of the molecule is CC(C)(C)C(=O)OC1CCSC1. The van der Waals surface area contributed by atoms with Gasteiger partial charge in [0.15, 0.2) is 0 Å². The van der Waals surface area contributed by atoms with Crippen LogP contribution in [-0.2, 0) is 9.53 Å². The third kappa shape index (κ3) is 2.70. The van der Waals surface area contributed by atoms with Crippen LogP contribution >= 0.6 is 11.8 Å². The van der Waals surface area contributed by atoms with Crippen LogP contribution in [-0.4, -0.2) is 23.6 Å². The molecular formula is C9H16O2S. The largest absolute Gasteiger partial charge is 0.461 e. The summed E-state index contributed by atoms with van der Waals surface area (Å²) in [6.07, 6.45) is 1.19. The van der Waals surface area contributed by atoms with Gasteiger partial charge in [0.2, 0.25) is 0 Å². The summed E-state index contributed by atoms with van der Waals surface area (Å²) < 4.78 is 5.32. The van der Waals surface area contributed by atoms with Crippen molar-refractivity contribution in [1.29, 1.82) is 0 Å². The highest BCUT2D eigenvalue weighted by molar-refractivity contribution is 7.99. The highest BCUT2D eigenvalue weighted by atomic mass is 32.2. The summed E-state index contributed by atoms with van der Waals surface area (Å²) in [6, 6.07) is 0. The maximum Gasteiger partial charge on any atom is 0.311 e. The molecule has 1 heterocycles. The predicted octanol–water partition coefficient (Wildman–Crippen LogP) is 2.08. The summed E-state index contributed by atoms with van der Waals surface area (Å²) in [7, 11) is 0. The second-order valence-electron chi connectivity index (χ2n) is 4.14. The fourth-order valence-corrected chi connectivity index (χ4v) is 2.03. The molecule has 2 nitrogen and oxygen atoms in total. The van der Waals surface area contributed by atoms with Gasteiger partial charge in [0, 0.05) is 5.75 Å². The number of carbonyl (C=O) groups excluding carboxylic acids is 1. The smallest absolute Gasteiger partial charge is 0.311 e. The van der Waals surface area contributed by atoms with Crippen molar-refractivity contribution in [1.82, 2.24) is 0 Å². The van der Waals surface area contributed by atoms with Crippen molar-refractivity contribution < 1.29 is 9.53 Å². The average molecular weight is 188 g/mol.